The first-order chi connectivity index (χ1) is 30.5. The summed E-state index contributed by atoms with van der Waals surface area (Å²) in [4.78, 5) is 23.2. The molecule has 0 spiro atoms. The largest absolute Gasteiger partial charge is 0.472 e. The molecule has 0 aromatic carbocycles. The second-order valence-electron chi connectivity index (χ2n) is 20.3. The molecule has 0 aliphatic heterocycles. The van der Waals surface area contributed by atoms with E-state index in [4.69, 9.17) is 9.05 Å². The number of quaternary nitrogens is 1. The Morgan fingerprint density at radius 1 is 0.524 bits per heavy atom. The molecular weight excluding hydrogens is 804 g/mol. The van der Waals surface area contributed by atoms with Crippen molar-refractivity contribution in [2.75, 3.05) is 40.9 Å². The van der Waals surface area contributed by atoms with Gasteiger partial charge in [-0.1, -0.05) is 264 Å². The number of hydrogen-bond acceptors (Lipinski definition) is 5. The standard InChI is InChI=1S/C54H109N2O6P/c1-6-8-10-12-14-16-18-20-22-23-24-25-26-27-28-29-30-31-32-34-35-37-39-41-43-45-47-53(57)52(51-62-63(59,60)61-50-49-56(3,4)5)55-54(58)48-46-44-42-40-38-36-33-21-19-17-15-13-11-9-7-2/h45,47,52-53,57H,6-44,46,48-51H2,1-5H3,(H-,55,58,59,60)/p+1/b47-45+. The van der Waals surface area contributed by atoms with Gasteiger partial charge in [-0.05, 0) is 19.3 Å². The Bertz CT molecular complexity index is 1040. The Kier molecular flexibility index (Phi) is 45.8. The molecule has 376 valence electrons. The van der Waals surface area contributed by atoms with E-state index < -0.39 is 20.0 Å². The maximum atomic E-state index is 12.9. The van der Waals surface area contributed by atoms with E-state index in [0.717, 1.165) is 32.1 Å². The van der Waals surface area contributed by atoms with Gasteiger partial charge >= 0.3 is 7.82 Å². The average molecular weight is 914 g/mol. The van der Waals surface area contributed by atoms with Gasteiger partial charge in [-0.3, -0.25) is 13.8 Å². The maximum absolute atomic E-state index is 12.9. The number of allylic oxidation sites excluding steroid dienone is 1. The topological polar surface area (TPSA) is 105 Å². The number of nitrogens with one attached hydrogen (secondary N) is 1. The van der Waals surface area contributed by atoms with E-state index in [-0.39, 0.29) is 19.1 Å². The number of aliphatic hydroxyl groups is 1. The average Bonchev–Trinajstić information content (AvgIpc) is 3.24. The lowest BCUT2D eigenvalue weighted by Crippen LogP contribution is -2.45. The molecule has 0 aromatic rings. The van der Waals surface area contributed by atoms with Crippen molar-refractivity contribution in [1.82, 2.24) is 5.32 Å². The summed E-state index contributed by atoms with van der Waals surface area (Å²) >= 11 is 0. The van der Waals surface area contributed by atoms with Gasteiger partial charge in [0.05, 0.1) is 39.9 Å². The summed E-state index contributed by atoms with van der Waals surface area (Å²) in [6, 6.07) is -0.841. The lowest BCUT2D eigenvalue weighted by atomic mass is 10.0. The van der Waals surface area contributed by atoms with Gasteiger partial charge in [0.15, 0.2) is 0 Å². The molecule has 0 fully saturated rings. The minimum atomic E-state index is -4.34. The third kappa shape index (κ3) is 49.0. The van der Waals surface area contributed by atoms with Gasteiger partial charge in [-0.2, -0.15) is 0 Å². The predicted octanol–water partition coefficient (Wildman–Crippen LogP) is 16.3. The lowest BCUT2D eigenvalue weighted by Gasteiger charge is -2.25. The van der Waals surface area contributed by atoms with Crippen molar-refractivity contribution in [3.63, 3.8) is 0 Å². The third-order valence-electron chi connectivity index (χ3n) is 12.8. The van der Waals surface area contributed by atoms with E-state index in [1.54, 1.807) is 6.08 Å². The van der Waals surface area contributed by atoms with Crippen LogP contribution in [-0.2, 0) is 18.4 Å². The second kappa shape index (κ2) is 46.4. The molecule has 8 nitrogen and oxygen atoms in total. The predicted molar refractivity (Wildman–Crippen MR) is 272 cm³/mol. The third-order valence-corrected chi connectivity index (χ3v) is 13.7. The molecule has 0 heterocycles. The molecule has 63 heavy (non-hydrogen) atoms. The molecule has 0 bridgehead atoms. The van der Waals surface area contributed by atoms with E-state index in [0.29, 0.717) is 17.4 Å². The van der Waals surface area contributed by atoms with Gasteiger partial charge in [0, 0.05) is 6.42 Å². The monoisotopic (exact) mass is 914 g/mol. The van der Waals surface area contributed by atoms with Crippen molar-refractivity contribution in [2.45, 2.75) is 289 Å². The van der Waals surface area contributed by atoms with Crippen LogP contribution in [0.4, 0.5) is 0 Å². The SMILES string of the molecule is CCCCCCCCCCCCCCCCCCCCCCCCCC/C=C/C(O)C(COP(=O)(O)OCC[N+](C)(C)C)NC(=O)CCCCCCCCCCCCCCCCC. The van der Waals surface area contributed by atoms with E-state index in [1.165, 1.54) is 225 Å². The van der Waals surface area contributed by atoms with Crippen LogP contribution in [-0.4, -0.2) is 73.4 Å². The number of unbranched alkanes of at least 4 members (excludes halogenated alkanes) is 38. The van der Waals surface area contributed by atoms with Crippen LogP contribution < -0.4 is 5.32 Å². The van der Waals surface area contributed by atoms with Crippen LogP contribution in [0.25, 0.3) is 0 Å². The lowest BCUT2D eigenvalue weighted by molar-refractivity contribution is -0.870. The molecule has 0 aliphatic rings. The van der Waals surface area contributed by atoms with Crippen LogP contribution in [0.2, 0.25) is 0 Å². The summed E-state index contributed by atoms with van der Waals surface area (Å²) in [7, 11) is 1.59. The molecular formula is C54H110N2O6P+. The van der Waals surface area contributed by atoms with Gasteiger partial charge < -0.3 is 19.8 Å². The van der Waals surface area contributed by atoms with Crippen molar-refractivity contribution in [3.05, 3.63) is 12.2 Å². The van der Waals surface area contributed by atoms with Crippen LogP contribution in [0.15, 0.2) is 12.2 Å². The molecule has 0 saturated carbocycles. The highest BCUT2D eigenvalue weighted by Gasteiger charge is 2.27. The number of hydrogen-bond donors (Lipinski definition) is 3. The van der Waals surface area contributed by atoms with Gasteiger partial charge in [0.25, 0.3) is 0 Å². The van der Waals surface area contributed by atoms with Gasteiger partial charge in [0.2, 0.25) is 5.91 Å². The Balaban J connectivity index is 4.17. The summed E-state index contributed by atoms with van der Waals surface area (Å²) in [6.45, 7) is 4.86. The van der Waals surface area contributed by atoms with Crippen LogP contribution in [0, 0.1) is 0 Å². The molecule has 0 aliphatic carbocycles. The zero-order valence-corrected chi connectivity index (χ0v) is 43.7. The first-order valence-electron chi connectivity index (χ1n) is 27.6. The van der Waals surface area contributed by atoms with Gasteiger partial charge in [-0.15, -0.1) is 0 Å². The van der Waals surface area contributed by atoms with Crippen molar-refractivity contribution >= 4 is 13.7 Å². The number of phosphoric acid groups is 1. The Hall–Kier alpha value is -0.760. The van der Waals surface area contributed by atoms with Crippen LogP contribution in [0.3, 0.4) is 0 Å². The summed E-state index contributed by atoms with van der Waals surface area (Å²) < 4.78 is 23.7. The number of aliphatic hydroxyl groups excluding tert-OH is 1. The highest BCUT2D eigenvalue weighted by molar-refractivity contribution is 7.47. The fourth-order valence-corrected chi connectivity index (χ4v) is 9.13. The number of rotatable bonds is 51. The van der Waals surface area contributed by atoms with E-state index in [9.17, 15) is 19.4 Å². The Morgan fingerprint density at radius 3 is 1.17 bits per heavy atom. The zero-order valence-electron chi connectivity index (χ0n) is 42.8. The second-order valence-corrected chi connectivity index (χ2v) is 21.8. The number of amides is 1. The molecule has 3 unspecified atom stereocenters. The van der Waals surface area contributed by atoms with E-state index >= 15 is 0 Å². The van der Waals surface area contributed by atoms with Crippen molar-refractivity contribution < 1.29 is 32.9 Å². The molecule has 3 atom stereocenters. The van der Waals surface area contributed by atoms with E-state index in [2.05, 4.69) is 19.2 Å². The maximum Gasteiger partial charge on any atom is 0.472 e. The number of likely N-dealkylation sites (N-methyl/N-ethyl adjacent to an activating group) is 1. The normalized spacial score (nSPS) is 14.1. The minimum Gasteiger partial charge on any atom is -0.387 e. The number of nitrogens with zero attached hydrogens (tertiary/aromatic N) is 1. The van der Waals surface area contributed by atoms with Gasteiger partial charge in [0.1, 0.15) is 13.2 Å². The number of phosphoric ester groups is 1. The highest BCUT2D eigenvalue weighted by Crippen LogP contribution is 2.43. The van der Waals surface area contributed by atoms with Crippen LogP contribution >= 0.6 is 7.82 Å². The summed E-state index contributed by atoms with van der Waals surface area (Å²) in [5.74, 6) is -0.172. The molecule has 3 N–H and O–H groups in total. The van der Waals surface area contributed by atoms with Crippen molar-refractivity contribution in [1.29, 1.82) is 0 Å². The summed E-state index contributed by atoms with van der Waals surface area (Å²) in [5.41, 5.74) is 0. The summed E-state index contributed by atoms with van der Waals surface area (Å²) in [5, 5.41) is 13.9. The number of carbonyl (C=O) groups is 1. The molecule has 0 radical (unpaired) electrons. The quantitative estimate of drug-likeness (QED) is 0.0243. The van der Waals surface area contributed by atoms with Crippen LogP contribution in [0.1, 0.15) is 277 Å². The van der Waals surface area contributed by atoms with Crippen molar-refractivity contribution in [2.24, 2.45) is 0 Å². The first kappa shape index (κ1) is 62.2. The Labute approximate surface area is 392 Å². The molecule has 0 rings (SSSR count). The van der Waals surface area contributed by atoms with Gasteiger partial charge in [-0.25, -0.2) is 4.57 Å². The molecule has 9 heteroatoms. The minimum absolute atomic E-state index is 0.0650. The molecule has 0 saturated heterocycles. The van der Waals surface area contributed by atoms with Crippen molar-refractivity contribution in [3.8, 4) is 0 Å². The smallest absolute Gasteiger partial charge is 0.387 e. The fourth-order valence-electron chi connectivity index (χ4n) is 8.40. The van der Waals surface area contributed by atoms with E-state index in [1.807, 2.05) is 27.2 Å². The molecule has 0 aromatic heterocycles. The molecule has 1 amide bonds. The fraction of sp³-hybridized carbons (Fsp3) is 0.944. The van der Waals surface area contributed by atoms with Crippen LogP contribution in [0.5, 0.6) is 0 Å². The highest BCUT2D eigenvalue weighted by atomic mass is 31.2. The summed E-state index contributed by atoms with van der Waals surface area (Å²) in [6.07, 6.45) is 55.9. The zero-order chi connectivity index (χ0) is 46.4. The Morgan fingerprint density at radius 2 is 0.841 bits per heavy atom. The first-order valence-corrected chi connectivity index (χ1v) is 29.1. The number of carbonyl (C=O) groups excluding carboxylic acids is 1.